The molecule has 0 aromatic heterocycles. The Labute approximate surface area is 103 Å². The Morgan fingerprint density at radius 3 is 2.53 bits per heavy atom. The molecule has 0 saturated heterocycles. The fraction of sp³-hybridized carbons (Fsp3) is 0.538. The predicted octanol–water partition coefficient (Wildman–Crippen LogP) is 4.11. The molecule has 1 atom stereocenters. The Kier molecular flexibility index (Phi) is 4.96. The van der Waals surface area contributed by atoms with E-state index in [9.17, 15) is 4.57 Å². The van der Waals surface area contributed by atoms with Gasteiger partial charge < -0.3 is 4.74 Å². The second-order valence-electron chi connectivity index (χ2n) is 4.28. The second-order valence-corrected chi connectivity index (χ2v) is 5.84. The molecule has 1 aliphatic rings. The predicted molar refractivity (Wildman–Crippen MR) is 67.5 cm³/mol. The fourth-order valence-electron chi connectivity index (χ4n) is 2.06. The van der Waals surface area contributed by atoms with Crippen LogP contribution in [0.25, 0.3) is 0 Å². The summed E-state index contributed by atoms with van der Waals surface area (Å²) < 4.78 is 22.5. The largest absolute Gasteiger partial charge is 0.514 e. The maximum atomic E-state index is 11.8. The van der Waals surface area contributed by atoms with Crippen molar-refractivity contribution in [3.63, 3.8) is 0 Å². The van der Waals surface area contributed by atoms with Crippen LogP contribution in [0.2, 0.25) is 0 Å². The molecule has 4 heteroatoms. The van der Waals surface area contributed by atoms with Crippen molar-refractivity contribution in [3.8, 4) is 5.75 Å². The summed E-state index contributed by atoms with van der Waals surface area (Å²) in [7, 11) is -1.57. The zero-order valence-corrected chi connectivity index (χ0v) is 10.8. The number of benzene rings is 1. The first kappa shape index (κ1) is 12.5. The maximum Gasteiger partial charge on any atom is 0.514 e. The lowest BCUT2D eigenvalue weighted by Gasteiger charge is -2.11. The minimum absolute atomic E-state index is 0.0791. The van der Waals surface area contributed by atoms with Crippen LogP contribution in [0.1, 0.15) is 32.1 Å². The lowest BCUT2D eigenvalue weighted by molar-refractivity contribution is 0.125. The molecule has 0 bridgehead atoms. The molecule has 3 nitrogen and oxygen atoms in total. The second kappa shape index (κ2) is 6.73. The average Bonchev–Trinajstić information content (AvgIpc) is 2.41. The van der Waals surface area contributed by atoms with E-state index in [-0.39, 0.29) is 12.5 Å². The average molecular weight is 253 g/mol. The molecule has 1 unspecified atom stereocenters. The van der Waals surface area contributed by atoms with Gasteiger partial charge in [-0.2, -0.15) is 0 Å². The van der Waals surface area contributed by atoms with Crippen molar-refractivity contribution in [1.82, 2.24) is 0 Å². The fourth-order valence-corrected chi connectivity index (χ4v) is 3.21. The molecule has 0 N–H and O–H groups in total. The third-order valence-electron chi connectivity index (χ3n) is 3.02. The van der Waals surface area contributed by atoms with Gasteiger partial charge >= 0.3 is 8.03 Å². The van der Waals surface area contributed by atoms with Crippen LogP contribution in [0.15, 0.2) is 30.3 Å². The highest BCUT2D eigenvalue weighted by molar-refractivity contribution is 7.40. The van der Waals surface area contributed by atoms with E-state index in [0.29, 0.717) is 0 Å². The molecule has 0 spiro atoms. The molecule has 1 fully saturated rings. The molecule has 92 valence electrons. The van der Waals surface area contributed by atoms with Gasteiger partial charge in [-0.25, -0.2) is 0 Å². The van der Waals surface area contributed by atoms with Crippen molar-refractivity contribution in [2.45, 2.75) is 37.8 Å². The number of rotatable bonds is 5. The van der Waals surface area contributed by atoms with Crippen molar-refractivity contribution < 1.29 is 13.8 Å². The third kappa shape index (κ3) is 4.10. The van der Waals surface area contributed by atoms with Crippen LogP contribution in [-0.4, -0.2) is 12.5 Å². The summed E-state index contributed by atoms with van der Waals surface area (Å²) in [4.78, 5) is 0. The zero-order chi connectivity index (χ0) is 11.9. The number of para-hydroxylation sites is 1. The van der Waals surface area contributed by atoms with Crippen molar-refractivity contribution in [2.24, 2.45) is 0 Å². The topological polar surface area (TPSA) is 35.5 Å². The van der Waals surface area contributed by atoms with E-state index in [1.807, 2.05) is 30.3 Å². The molecule has 17 heavy (non-hydrogen) atoms. The molecule has 1 aliphatic carbocycles. The van der Waals surface area contributed by atoms with E-state index in [0.717, 1.165) is 18.6 Å². The van der Waals surface area contributed by atoms with Crippen LogP contribution < -0.4 is 4.74 Å². The Balaban J connectivity index is 1.69. The summed E-state index contributed by atoms with van der Waals surface area (Å²) in [5, 5.41) is 0. The van der Waals surface area contributed by atoms with E-state index in [2.05, 4.69) is 0 Å². The van der Waals surface area contributed by atoms with Gasteiger partial charge in [0.25, 0.3) is 0 Å². The summed E-state index contributed by atoms with van der Waals surface area (Å²) in [6, 6.07) is 9.44. The lowest BCUT2D eigenvalue weighted by atomic mass is 10.0. The molecular formula is C13H18O3P+. The van der Waals surface area contributed by atoms with E-state index in [4.69, 9.17) is 9.26 Å². The van der Waals surface area contributed by atoms with Gasteiger partial charge in [0.1, 0.15) is 5.75 Å². The van der Waals surface area contributed by atoms with Gasteiger partial charge in [0.05, 0.1) is 0 Å². The molecular weight excluding hydrogens is 235 g/mol. The van der Waals surface area contributed by atoms with Crippen molar-refractivity contribution in [1.29, 1.82) is 0 Å². The Morgan fingerprint density at radius 1 is 1.12 bits per heavy atom. The smallest absolute Gasteiger partial charge is 0.463 e. The first-order chi connectivity index (χ1) is 8.36. The standard InChI is InChI=1S/C13H18O3P/c14-17(13-9-5-2-6-10-13)16-11-15-12-7-3-1-4-8-12/h1,3-4,7-8,13H,2,5-6,9-11H2/q+1. The van der Waals surface area contributed by atoms with Crippen molar-refractivity contribution >= 4 is 8.03 Å². The van der Waals surface area contributed by atoms with Crippen LogP contribution in [0, 0.1) is 0 Å². The minimum Gasteiger partial charge on any atom is -0.463 e. The van der Waals surface area contributed by atoms with Crippen LogP contribution in [-0.2, 0) is 9.09 Å². The highest BCUT2D eigenvalue weighted by Crippen LogP contribution is 2.39. The van der Waals surface area contributed by atoms with Gasteiger partial charge in [-0.1, -0.05) is 24.6 Å². The van der Waals surface area contributed by atoms with E-state index < -0.39 is 8.03 Å². The number of hydrogen-bond donors (Lipinski definition) is 0. The highest BCUT2D eigenvalue weighted by Gasteiger charge is 2.33. The highest BCUT2D eigenvalue weighted by atomic mass is 31.1. The van der Waals surface area contributed by atoms with Crippen molar-refractivity contribution in [3.05, 3.63) is 30.3 Å². The third-order valence-corrected chi connectivity index (χ3v) is 4.49. The Hall–Kier alpha value is -0.920. The summed E-state index contributed by atoms with van der Waals surface area (Å²) in [5.74, 6) is 0.750. The Bertz CT molecular complexity index is 347. The van der Waals surface area contributed by atoms with Gasteiger partial charge in [-0.3, -0.25) is 0 Å². The van der Waals surface area contributed by atoms with Gasteiger partial charge in [0.15, 0.2) is 5.66 Å². The normalized spacial score (nSPS) is 17.8. The minimum atomic E-state index is -1.57. The number of ether oxygens (including phenoxy) is 1. The van der Waals surface area contributed by atoms with Gasteiger partial charge in [0.2, 0.25) is 6.79 Å². The monoisotopic (exact) mass is 253 g/mol. The molecule has 2 rings (SSSR count). The number of hydrogen-bond acceptors (Lipinski definition) is 3. The van der Waals surface area contributed by atoms with E-state index in [1.54, 1.807) is 0 Å². The zero-order valence-electron chi connectivity index (χ0n) is 9.88. The molecule has 1 aromatic rings. The summed E-state index contributed by atoms with van der Waals surface area (Å²) in [6.45, 7) is 0.0791. The van der Waals surface area contributed by atoms with Crippen LogP contribution in [0.5, 0.6) is 5.75 Å². The van der Waals surface area contributed by atoms with Gasteiger partial charge in [-0.05, 0) is 42.4 Å². The SMILES string of the molecule is O=[P+](OCOc1ccccc1)C1CCCCC1. The molecule has 1 saturated carbocycles. The quantitative estimate of drug-likeness (QED) is 0.585. The first-order valence-corrected chi connectivity index (χ1v) is 7.38. The van der Waals surface area contributed by atoms with E-state index in [1.165, 1.54) is 19.3 Å². The molecule has 1 aromatic carbocycles. The van der Waals surface area contributed by atoms with Crippen molar-refractivity contribution in [2.75, 3.05) is 6.79 Å². The molecule has 0 radical (unpaired) electrons. The van der Waals surface area contributed by atoms with Gasteiger partial charge in [-0.15, -0.1) is 4.52 Å². The molecule has 0 heterocycles. The lowest BCUT2D eigenvalue weighted by Crippen LogP contribution is -2.10. The summed E-state index contributed by atoms with van der Waals surface area (Å²) >= 11 is 0. The van der Waals surface area contributed by atoms with Crippen LogP contribution in [0.3, 0.4) is 0 Å². The van der Waals surface area contributed by atoms with E-state index >= 15 is 0 Å². The van der Waals surface area contributed by atoms with Gasteiger partial charge in [0, 0.05) is 0 Å². The maximum absolute atomic E-state index is 11.8. The first-order valence-electron chi connectivity index (χ1n) is 6.13. The molecule has 0 amide bonds. The summed E-state index contributed by atoms with van der Waals surface area (Å²) in [6.07, 6.45) is 5.67. The van der Waals surface area contributed by atoms with Crippen LogP contribution in [0.4, 0.5) is 0 Å². The molecule has 0 aliphatic heterocycles. The summed E-state index contributed by atoms with van der Waals surface area (Å²) in [5.41, 5.74) is 0.234. The Morgan fingerprint density at radius 2 is 1.82 bits per heavy atom. The van der Waals surface area contributed by atoms with Crippen LogP contribution >= 0.6 is 8.03 Å².